The van der Waals surface area contributed by atoms with E-state index in [0.717, 1.165) is 13.0 Å². The highest BCUT2D eigenvalue weighted by Crippen LogP contribution is 2.19. The Kier molecular flexibility index (Phi) is 4.98. The van der Waals surface area contributed by atoms with Gasteiger partial charge in [0.15, 0.2) is 0 Å². The maximum absolute atomic E-state index is 12.3. The Bertz CT molecular complexity index is 492. The summed E-state index contributed by atoms with van der Waals surface area (Å²) in [6.07, 6.45) is 1.03. The van der Waals surface area contributed by atoms with Crippen LogP contribution in [0.1, 0.15) is 19.1 Å². The molecule has 0 radical (unpaired) electrons. The van der Waals surface area contributed by atoms with Gasteiger partial charge < -0.3 is 15.1 Å². The average molecular weight is 287 g/mol. The van der Waals surface area contributed by atoms with Crippen LogP contribution in [0.25, 0.3) is 0 Å². The van der Waals surface area contributed by atoms with E-state index in [-0.39, 0.29) is 5.09 Å². The molecule has 19 heavy (non-hydrogen) atoms. The SMILES string of the molecule is CCCNCc1ccc(S(=O)(=O)N2CCNCC2)o1. The maximum Gasteiger partial charge on any atom is 0.276 e. The molecular formula is C12H21N3O3S. The van der Waals surface area contributed by atoms with Gasteiger partial charge in [0.2, 0.25) is 5.09 Å². The van der Waals surface area contributed by atoms with Crippen LogP contribution >= 0.6 is 0 Å². The van der Waals surface area contributed by atoms with Crippen LogP contribution in [0.3, 0.4) is 0 Å². The molecule has 1 aliphatic rings. The topological polar surface area (TPSA) is 74.6 Å². The molecule has 2 heterocycles. The van der Waals surface area contributed by atoms with Crippen molar-refractivity contribution in [3.63, 3.8) is 0 Å². The minimum Gasteiger partial charge on any atom is -0.447 e. The lowest BCUT2D eigenvalue weighted by Gasteiger charge is -2.25. The van der Waals surface area contributed by atoms with Crippen molar-refractivity contribution in [2.45, 2.75) is 25.0 Å². The zero-order valence-corrected chi connectivity index (χ0v) is 12.0. The molecule has 0 saturated carbocycles. The summed E-state index contributed by atoms with van der Waals surface area (Å²) in [7, 11) is -3.47. The molecule has 1 saturated heterocycles. The standard InChI is InChI=1S/C12H21N3O3S/c1-2-5-14-10-11-3-4-12(18-11)19(16,17)15-8-6-13-7-9-15/h3-4,13-14H,2,5-10H2,1H3. The van der Waals surface area contributed by atoms with E-state index in [9.17, 15) is 8.42 Å². The van der Waals surface area contributed by atoms with Gasteiger partial charge in [0.05, 0.1) is 6.54 Å². The zero-order chi connectivity index (χ0) is 13.7. The molecule has 7 heteroatoms. The Hall–Kier alpha value is -0.890. The summed E-state index contributed by atoms with van der Waals surface area (Å²) in [6, 6.07) is 3.26. The maximum atomic E-state index is 12.3. The molecule has 6 nitrogen and oxygen atoms in total. The Morgan fingerprint density at radius 3 is 2.79 bits per heavy atom. The van der Waals surface area contributed by atoms with E-state index in [1.54, 1.807) is 12.1 Å². The molecule has 0 unspecified atom stereocenters. The molecule has 0 atom stereocenters. The second-order valence-corrected chi connectivity index (χ2v) is 6.42. The Morgan fingerprint density at radius 2 is 2.11 bits per heavy atom. The Balaban J connectivity index is 2.03. The molecule has 0 aromatic carbocycles. The number of rotatable bonds is 6. The van der Waals surface area contributed by atoms with Gasteiger partial charge in [-0.1, -0.05) is 6.92 Å². The molecular weight excluding hydrogens is 266 g/mol. The summed E-state index contributed by atoms with van der Waals surface area (Å²) in [5, 5.41) is 6.36. The van der Waals surface area contributed by atoms with Crippen LogP contribution in [0.15, 0.2) is 21.6 Å². The Labute approximate surface area is 114 Å². The van der Waals surface area contributed by atoms with Crippen LogP contribution < -0.4 is 10.6 Å². The molecule has 2 rings (SSSR count). The summed E-state index contributed by atoms with van der Waals surface area (Å²) < 4.78 is 31.5. The molecule has 0 amide bonds. The molecule has 1 aliphatic heterocycles. The van der Waals surface area contributed by atoms with Crippen LogP contribution in [0.5, 0.6) is 0 Å². The van der Waals surface area contributed by atoms with Crippen molar-refractivity contribution in [2.24, 2.45) is 0 Å². The third-order valence-electron chi connectivity index (χ3n) is 3.03. The Morgan fingerprint density at radius 1 is 1.37 bits per heavy atom. The van der Waals surface area contributed by atoms with E-state index in [2.05, 4.69) is 17.6 Å². The number of sulfonamides is 1. The number of piperazine rings is 1. The van der Waals surface area contributed by atoms with Gasteiger partial charge in [-0.2, -0.15) is 4.31 Å². The van der Waals surface area contributed by atoms with Crippen molar-refractivity contribution in [1.29, 1.82) is 0 Å². The number of hydrogen-bond donors (Lipinski definition) is 2. The predicted molar refractivity (Wildman–Crippen MR) is 72.3 cm³/mol. The van der Waals surface area contributed by atoms with Crippen molar-refractivity contribution in [3.8, 4) is 0 Å². The highest BCUT2D eigenvalue weighted by Gasteiger charge is 2.28. The fourth-order valence-electron chi connectivity index (χ4n) is 1.99. The summed E-state index contributed by atoms with van der Waals surface area (Å²) in [5.41, 5.74) is 0. The molecule has 0 bridgehead atoms. The highest BCUT2D eigenvalue weighted by atomic mass is 32.2. The van der Waals surface area contributed by atoms with Gasteiger partial charge in [-0.05, 0) is 25.1 Å². The summed E-state index contributed by atoms with van der Waals surface area (Å²) in [5.74, 6) is 0.655. The second kappa shape index (κ2) is 6.51. The summed E-state index contributed by atoms with van der Waals surface area (Å²) in [6.45, 7) is 5.88. The van der Waals surface area contributed by atoms with Gasteiger partial charge >= 0.3 is 0 Å². The minimum absolute atomic E-state index is 0.0442. The largest absolute Gasteiger partial charge is 0.447 e. The van der Waals surface area contributed by atoms with Gasteiger partial charge in [0.1, 0.15) is 5.76 Å². The van der Waals surface area contributed by atoms with E-state index in [1.807, 2.05) is 0 Å². The average Bonchev–Trinajstić information content (AvgIpc) is 2.90. The number of hydrogen-bond acceptors (Lipinski definition) is 5. The van der Waals surface area contributed by atoms with Gasteiger partial charge in [-0.25, -0.2) is 8.42 Å². The second-order valence-electron chi connectivity index (χ2n) is 4.55. The third kappa shape index (κ3) is 3.56. The minimum atomic E-state index is -3.47. The van der Waals surface area contributed by atoms with Gasteiger partial charge in [-0.15, -0.1) is 0 Å². The van der Waals surface area contributed by atoms with Crippen LogP contribution in [0, 0.1) is 0 Å². The summed E-state index contributed by atoms with van der Waals surface area (Å²) in [4.78, 5) is 0. The van der Waals surface area contributed by atoms with Crippen molar-refractivity contribution in [3.05, 3.63) is 17.9 Å². The normalized spacial score (nSPS) is 17.7. The molecule has 0 spiro atoms. The number of nitrogens with zero attached hydrogens (tertiary/aromatic N) is 1. The summed E-state index contributed by atoms with van der Waals surface area (Å²) >= 11 is 0. The molecule has 1 aromatic rings. The van der Waals surface area contributed by atoms with E-state index < -0.39 is 10.0 Å². The van der Waals surface area contributed by atoms with Crippen molar-refractivity contribution in [1.82, 2.24) is 14.9 Å². The van der Waals surface area contributed by atoms with Crippen molar-refractivity contribution in [2.75, 3.05) is 32.7 Å². The van der Waals surface area contributed by atoms with Gasteiger partial charge in [0, 0.05) is 26.2 Å². The molecule has 0 aliphatic carbocycles. The first-order chi connectivity index (χ1) is 9.14. The molecule has 2 N–H and O–H groups in total. The van der Waals surface area contributed by atoms with Crippen molar-refractivity contribution < 1.29 is 12.8 Å². The lowest BCUT2D eigenvalue weighted by Crippen LogP contribution is -2.46. The van der Waals surface area contributed by atoms with E-state index >= 15 is 0 Å². The predicted octanol–water partition coefficient (Wildman–Crippen LogP) is 0.373. The van der Waals surface area contributed by atoms with E-state index in [4.69, 9.17) is 4.42 Å². The number of nitrogens with one attached hydrogen (secondary N) is 2. The smallest absolute Gasteiger partial charge is 0.276 e. The lowest BCUT2D eigenvalue weighted by molar-refractivity contribution is 0.336. The third-order valence-corrected chi connectivity index (χ3v) is 4.81. The molecule has 1 aromatic heterocycles. The van der Waals surface area contributed by atoms with Crippen LogP contribution in [-0.2, 0) is 16.6 Å². The molecule has 108 valence electrons. The first-order valence-corrected chi connectivity index (χ1v) is 8.09. The zero-order valence-electron chi connectivity index (χ0n) is 11.2. The number of furan rings is 1. The van der Waals surface area contributed by atoms with Crippen LogP contribution in [0.4, 0.5) is 0 Å². The first kappa shape index (κ1) is 14.5. The fraction of sp³-hybridized carbons (Fsp3) is 0.667. The van der Waals surface area contributed by atoms with Crippen LogP contribution in [-0.4, -0.2) is 45.4 Å². The lowest BCUT2D eigenvalue weighted by atomic mass is 10.4. The van der Waals surface area contributed by atoms with Gasteiger partial charge in [0.25, 0.3) is 10.0 Å². The fourth-order valence-corrected chi connectivity index (χ4v) is 3.36. The van der Waals surface area contributed by atoms with Crippen LogP contribution in [0.2, 0.25) is 0 Å². The monoisotopic (exact) mass is 287 g/mol. The van der Waals surface area contributed by atoms with E-state index in [1.165, 1.54) is 4.31 Å². The van der Waals surface area contributed by atoms with E-state index in [0.29, 0.717) is 38.5 Å². The highest BCUT2D eigenvalue weighted by molar-refractivity contribution is 7.89. The van der Waals surface area contributed by atoms with Crippen molar-refractivity contribution >= 4 is 10.0 Å². The first-order valence-electron chi connectivity index (χ1n) is 6.65. The van der Waals surface area contributed by atoms with Gasteiger partial charge in [-0.3, -0.25) is 0 Å². The molecule has 1 fully saturated rings. The quantitative estimate of drug-likeness (QED) is 0.740.